The molecular weight excluding hydrogens is 901 g/mol. The van der Waals surface area contributed by atoms with E-state index in [4.69, 9.17) is 0 Å². The summed E-state index contributed by atoms with van der Waals surface area (Å²) in [7, 11) is 0. The first kappa shape index (κ1) is 48.5. The molecule has 1 N–H and O–H groups in total. The number of nitrogens with zero attached hydrogens (tertiary/aromatic N) is 9. The van der Waals surface area contributed by atoms with Crippen molar-refractivity contribution in [2.24, 2.45) is 0 Å². The quantitative estimate of drug-likeness (QED) is 0.285. The molecule has 9 amide bonds. The molecule has 10 aliphatic rings. The fourth-order valence-corrected chi connectivity index (χ4v) is 14.1. The minimum Gasteiger partial charge on any atom is -0.331 e. The SMILES string of the molecule is O=C[C@@H]1CCCN1C(=O)[C@@H]1CCCN1C(=O)[C@@H]1CCCN1C(=O)[C@@H]1CCCN1C(=O)[C@@H]1CCCN1C(=O)[C@@H]1CCCN1C(=O)[C@@H]1CCCN1C(=O)[C@@H]1CCCN1C(=O)[C@@H]1CCCN1C(=O)[C@@H]1CCCN1. The van der Waals surface area contributed by atoms with Crippen LogP contribution in [0.3, 0.4) is 0 Å². The van der Waals surface area contributed by atoms with Crippen LogP contribution in [0.25, 0.3) is 0 Å². The van der Waals surface area contributed by atoms with Crippen LogP contribution in [0.15, 0.2) is 0 Å². The van der Waals surface area contributed by atoms with E-state index in [0.29, 0.717) is 162 Å². The molecule has 0 aromatic rings. The molecule has 10 saturated heterocycles. The monoisotopic (exact) mass is 973 g/mol. The molecule has 10 atom stereocenters. The molecule has 10 fully saturated rings. The van der Waals surface area contributed by atoms with E-state index < -0.39 is 54.4 Å². The first-order chi connectivity index (χ1) is 34.0. The second-order valence-electron chi connectivity index (χ2n) is 21.5. The zero-order valence-electron chi connectivity index (χ0n) is 40.7. The summed E-state index contributed by atoms with van der Waals surface area (Å²) in [6, 6.07) is -6.67. The fraction of sp³-hybridized carbons (Fsp3) is 0.800. The van der Waals surface area contributed by atoms with Crippen molar-refractivity contribution in [2.45, 2.75) is 189 Å². The summed E-state index contributed by atoms with van der Waals surface area (Å²) in [6.45, 7) is 4.35. The Bertz CT molecular complexity index is 2120. The van der Waals surface area contributed by atoms with Crippen molar-refractivity contribution in [1.82, 2.24) is 49.4 Å². The Balaban J connectivity index is 0.770. The van der Waals surface area contributed by atoms with Gasteiger partial charge in [-0.05, 0) is 135 Å². The summed E-state index contributed by atoms with van der Waals surface area (Å²) < 4.78 is 0. The molecule has 0 radical (unpaired) electrons. The van der Waals surface area contributed by atoms with Crippen molar-refractivity contribution in [3.05, 3.63) is 0 Å². The van der Waals surface area contributed by atoms with Gasteiger partial charge in [-0.15, -0.1) is 0 Å². The van der Waals surface area contributed by atoms with Crippen molar-refractivity contribution in [1.29, 1.82) is 0 Å². The third kappa shape index (κ3) is 8.74. The van der Waals surface area contributed by atoms with Gasteiger partial charge >= 0.3 is 0 Å². The predicted molar refractivity (Wildman–Crippen MR) is 250 cm³/mol. The van der Waals surface area contributed by atoms with E-state index in [-0.39, 0.29) is 59.2 Å². The van der Waals surface area contributed by atoms with Gasteiger partial charge in [-0.2, -0.15) is 0 Å². The molecule has 20 heteroatoms. The van der Waals surface area contributed by atoms with Gasteiger partial charge in [-0.25, -0.2) is 0 Å². The van der Waals surface area contributed by atoms with Gasteiger partial charge < -0.3 is 54.2 Å². The van der Waals surface area contributed by atoms with Gasteiger partial charge in [0.25, 0.3) is 0 Å². The summed E-state index contributed by atoms with van der Waals surface area (Å²) in [4.78, 5) is 155. The van der Waals surface area contributed by atoms with Crippen molar-refractivity contribution in [3.8, 4) is 0 Å². The van der Waals surface area contributed by atoms with Crippen molar-refractivity contribution >= 4 is 59.5 Å². The summed E-state index contributed by atoms with van der Waals surface area (Å²) in [5.41, 5.74) is 0. The molecule has 0 unspecified atom stereocenters. The van der Waals surface area contributed by atoms with Gasteiger partial charge in [0.1, 0.15) is 54.6 Å². The molecule has 0 aromatic carbocycles. The van der Waals surface area contributed by atoms with E-state index in [1.54, 1.807) is 44.1 Å². The maximum atomic E-state index is 14.6. The maximum Gasteiger partial charge on any atom is 0.246 e. The van der Waals surface area contributed by atoms with E-state index in [1.165, 1.54) is 0 Å². The van der Waals surface area contributed by atoms with Gasteiger partial charge in [-0.3, -0.25) is 43.2 Å². The van der Waals surface area contributed by atoms with Crippen LogP contribution >= 0.6 is 0 Å². The molecule has 70 heavy (non-hydrogen) atoms. The van der Waals surface area contributed by atoms with E-state index >= 15 is 0 Å². The molecule has 10 rings (SSSR count). The zero-order chi connectivity index (χ0) is 48.8. The number of hydrogen-bond donors (Lipinski definition) is 1. The summed E-state index contributed by atoms with van der Waals surface area (Å²) in [6.07, 6.45) is 12.6. The first-order valence-electron chi connectivity index (χ1n) is 26.9. The maximum absolute atomic E-state index is 14.6. The molecular formula is C50H72N10O10. The van der Waals surface area contributed by atoms with Crippen molar-refractivity contribution in [3.63, 3.8) is 0 Å². The Morgan fingerprint density at radius 1 is 0.286 bits per heavy atom. The Morgan fingerprint density at radius 2 is 0.514 bits per heavy atom. The number of rotatable bonds is 10. The number of nitrogens with one attached hydrogen (secondary N) is 1. The lowest BCUT2D eigenvalue weighted by atomic mass is 10.1. The Hall–Kier alpha value is -5.14. The van der Waals surface area contributed by atoms with Crippen LogP contribution in [0.4, 0.5) is 0 Å². The topological polar surface area (TPSA) is 212 Å². The average molecular weight is 973 g/mol. The van der Waals surface area contributed by atoms with Crippen LogP contribution in [-0.4, -0.2) is 229 Å². The second-order valence-corrected chi connectivity index (χ2v) is 21.5. The molecule has 0 saturated carbocycles. The molecule has 0 spiro atoms. The van der Waals surface area contributed by atoms with Gasteiger partial charge in [0.15, 0.2) is 0 Å². The number of aldehydes is 1. The van der Waals surface area contributed by atoms with Crippen LogP contribution in [0.2, 0.25) is 0 Å². The van der Waals surface area contributed by atoms with Crippen molar-refractivity contribution < 1.29 is 47.9 Å². The second kappa shape index (κ2) is 20.5. The normalized spacial score (nSPS) is 33.4. The lowest BCUT2D eigenvalue weighted by Crippen LogP contribution is -2.59. The standard InChI is InChI=1S/C50H72N10O10/c61-31-32-11-2-22-52(32)43(63)34-13-4-24-54(34)45(65)36-15-6-26-56(36)47(67)38-17-8-28-58(38)49(69)40-19-10-30-60(40)50(70)41-20-9-29-59(41)48(68)39-18-7-27-57(39)46(66)37-16-5-25-55(37)44(64)35-14-3-23-53(35)42(62)33-12-1-21-51-33/h31-41,51H,1-30H2/t32-,33-,34-,35-,36-,37-,38-,39-,40-,41-/m0/s1. The van der Waals surface area contributed by atoms with Gasteiger partial charge in [0.05, 0.1) is 12.1 Å². The molecule has 20 nitrogen and oxygen atoms in total. The largest absolute Gasteiger partial charge is 0.331 e. The molecule has 382 valence electrons. The number of likely N-dealkylation sites (tertiary alicyclic amines) is 9. The highest BCUT2D eigenvalue weighted by Gasteiger charge is 2.52. The molecule has 10 aliphatic heterocycles. The average Bonchev–Trinajstić information content (AvgIpc) is 4.22. The minimum absolute atomic E-state index is 0.0481. The number of amides is 9. The van der Waals surface area contributed by atoms with E-state index in [0.717, 1.165) is 38.5 Å². The highest BCUT2D eigenvalue weighted by atomic mass is 16.2. The minimum atomic E-state index is -0.803. The van der Waals surface area contributed by atoms with Crippen LogP contribution in [-0.2, 0) is 47.9 Å². The van der Waals surface area contributed by atoms with Crippen molar-refractivity contribution in [2.75, 3.05) is 65.4 Å². The van der Waals surface area contributed by atoms with Gasteiger partial charge in [-0.1, -0.05) is 0 Å². The molecule has 0 aliphatic carbocycles. The fourth-order valence-electron chi connectivity index (χ4n) is 14.1. The first-order valence-corrected chi connectivity index (χ1v) is 26.9. The van der Waals surface area contributed by atoms with Crippen LogP contribution in [0.1, 0.15) is 128 Å². The third-order valence-electron chi connectivity index (χ3n) is 17.7. The smallest absolute Gasteiger partial charge is 0.246 e. The third-order valence-corrected chi connectivity index (χ3v) is 17.7. The molecule has 0 bridgehead atoms. The van der Waals surface area contributed by atoms with E-state index in [9.17, 15) is 47.9 Å². The summed E-state index contributed by atoms with van der Waals surface area (Å²) >= 11 is 0. The zero-order valence-corrected chi connectivity index (χ0v) is 40.7. The lowest BCUT2D eigenvalue weighted by Gasteiger charge is -2.37. The highest BCUT2D eigenvalue weighted by molar-refractivity contribution is 5.99. The van der Waals surface area contributed by atoms with E-state index in [2.05, 4.69) is 5.32 Å². The number of carbonyl (C=O) groups is 10. The van der Waals surface area contributed by atoms with Gasteiger partial charge in [0, 0.05) is 58.9 Å². The molecule has 10 heterocycles. The van der Waals surface area contributed by atoms with E-state index in [1.807, 2.05) is 0 Å². The van der Waals surface area contributed by atoms with Crippen LogP contribution in [0, 0.1) is 0 Å². The van der Waals surface area contributed by atoms with Gasteiger partial charge in [0.2, 0.25) is 53.2 Å². The predicted octanol–water partition coefficient (Wildman–Crippen LogP) is -0.144. The highest BCUT2D eigenvalue weighted by Crippen LogP contribution is 2.35. The lowest BCUT2D eigenvalue weighted by molar-refractivity contribution is -0.155. The van der Waals surface area contributed by atoms with Crippen LogP contribution in [0.5, 0.6) is 0 Å². The summed E-state index contributed by atoms with van der Waals surface area (Å²) in [5, 5.41) is 3.26. The number of hydrogen-bond acceptors (Lipinski definition) is 11. The Labute approximate surface area is 410 Å². The molecule has 0 aromatic heterocycles. The van der Waals surface area contributed by atoms with Crippen LogP contribution < -0.4 is 5.32 Å². The Kier molecular flexibility index (Phi) is 14.2. The Morgan fingerprint density at radius 3 is 0.757 bits per heavy atom. The number of carbonyl (C=O) groups excluding carboxylic acids is 10. The summed E-state index contributed by atoms with van der Waals surface area (Å²) in [5.74, 6) is -2.16.